The monoisotopic (exact) mass is 448 g/mol. The minimum atomic E-state index is 0. The van der Waals surface area contributed by atoms with Crippen molar-refractivity contribution in [2.75, 3.05) is 28.2 Å². The smallest absolute Gasteiger partial charge is 0.668 e. The molecular formula is C25H30N2Zr. The molecule has 4 aromatic rings. The van der Waals surface area contributed by atoms with E-state index in [1.165, 1.54) is 32.7 Å². The summed E-state index contributed by atoms with van der Waals surface area (Å²) >= 11 is 0. The fourth-order valence-corrected chi connectivity index (χ4v) is 3.19. The average Bonchev–Trinajstić information content (AvgIpc) is 3.28. The van der Waals surface area contributed by atoms with Gasteiger partial charge in [-0.25, -0.2) is 0 Å². The first-order valence-corrected chi connectivity index (χ1v) is 9.25. The van der Waals surface area contributed by atoms with Crippen LogP contribution in [0.2, 0.25) is 0 Å². The summed E-state index contributed by atoms with van der Waals surface area (Å²) in [5.74, 6) is 0. The quantitative estimate of drug-likeness (QED) is 0.295. The van der Waals surface area contributed by atoms with Crippen molar-refractivity contribution in [3.8, 4) is 0 Å². The van der Waals surface area contributed by atoms with Gasteiger partial charge in [0.15, 0.2) is 0 Å². The number of fused-ring (bicyclic) bond motifs is 2. The van der Waals surface area contributed by atoms with Crippen molar-refractivity contribution in [3.05, 3.63) is 94.6 Å². The molecule has 0 atom stereocenters. The summed E-state index contributed by atoms with van der Waals surface area (Å²) in [7, 11) is 7.00. The van der Waals surface area contributed by atoms with Gasteiger partial charge in [0.2, 0.25) is 0 Å². The van der Waals surface area contributed by atoms with Gasteiger partial charge in [-0.3, -0.25) is 0 Å². The molecule has 0 bridgehead atoms. The molecule has 0 aliphatic carbocycles. The minimum Gasteiger partial charge on any atom is -0.668 e. The zero-order valence-electron chi connectivity index (χ0n) is 17.8. The molecule has 4 aromatic carbocycles. The third kappa shape index (κ3) is 5.73. The zero-order chi connectivity index (χ0) is 19.9. The number of hydrogen-bond donors (Lipinski definition) is 0. The molecule has 2 nitrogen and oxygen atoms in total. The van der Waals surface area contributed by atoms with Gasteiger partial charge < -0.3 is 10.6 Å². The molecule has 3 heteroatoms. The number of nitrogens with zero attached hydrogens (tertiary/aromatic N) is 2. The van der Waals surface area contributed by atoms with Crippen LogP contribution in [0.5, 0.6) is 0 Å². The Labute approximate surface area is 189 Å². The molecule has 0 amide bonds. The van der Waals surface area contributed by atoms with E-state index in [0.717, 1.165) is 0 Å². The summed E-state index contributed by atoms with van der Waals surface area (Å²) in [6.07, 6.45) is 0. The molecule has 0 spiro atoms. The first kappa shape index (κ1) is 24.5. The van der Waals surface area contributed by atoms with Crippen molar-refractivity contribution >= 4 is 21.5 Å². The van der Waals surface area contributed by atoms with Gasteiger partial charge in [-0.15, -0.1) is 81.2 Å². The summed E-state index contributed by atoms with van der Waals surface area (Å²) in [6.45, 7) is 4.63. The molecule has 0 radical (unpaired) electrons. The van der Waals surface area contributed by atoms with Crippen LogP contribution in [0.1, 0.15) is 25.0 Å². The first-order valence-electron chi connectivity index (χ1n) is 9.25. The molecule has 0 saturated carbocycles. The Morgan fingerprint density at radius 3 is 1.29 bits per heavy atom. The molecule has 0 N–H and O–H groups in total. The molecule has 0 aliphatic heterocycles. The summed E-state index contributed by atoms with van der Waals surface area (Å²) in [5, 5.41) is 12.3. The molecule has 28 heavy (non-hydrogen) atoms. The van der Waals surface area contributed by atoms with Crippen LogP contribution in [0.25, 0.3) is 32.2 Å². The van der Waals surface area contributed by atoms with E-state index in [-0.39, 0.29) is 31.6 Å². The Bertz CT molecular complexity index is 819. The molecule has 0 unspecified atom stereocenters. The van der Waals surface area contributed by atoms with E-state index in [9.17, 15) is 0 Å². The van der Waals surface area contributed by atoms with Crippen molar-refractivity contribution in [2.45, 2.75) is 19.3 Å². The van der Waals surface area contributed by atoms with E-state index >= 15 is 0 Å². The summed E-state index contributed by atoms with van der Waals surface area (Å²) < 4.78 is 0. The largest absolute Gasteiger partial charge is 4.00 e. The van der Waals surface area contributed by atoms with E-state index in [0.29, 0.717) is 0 Å². The van der Waals surface area contributed by atoms with Crippen LogP contribution >= 0.6 is 0 Å². The van der Waals surface area contributed by atoms with Crippen LogP contribution in [0.3, 0.4) is 0 Å². The molecule has 0 saturated heterocycles. The molecule has 4 rings (SSSR count). The maximum Gasteiger partial charge on any atom is 4.00 e. The van der Waals surface area contributed by atoms with Gasteiger partial charge in [-0.1, -0.05) is 26.0 Å². The normalized spacial score (nSPS) is 10.5. The fourth-order valence-electron chi connectivity index (χ4n) is 3.19. The van der Waals surface area contributed by atoms with E-state index < -0.39 is 0 Å². The Morgan fingerprint density at radius 1 is 0.643 bits per heavy atom. The van der Waals surface area contributed by atoms with Crippen molar-refractivity contribution in [1.29, 1.82) is 0 Å². The van der Waals surface area contributed by atoms with Gasteiger partial charge in [0.1, 0.15) is 0 Å². The molecule has 0 aromatic heterocycles. The maximum absolute atomic E-state index is 3.50. The average molecular weight is 450 g/mol. The number of benzene rings is 2. The Hall–Kier alpha value is -1.54. The fraction of sp³-hybridized carbons (Fsp3) is 0.280. The Balaban J connectivity index is 0.000000502. The van der Waals surface area contributed by atoms with Gasteiger partial charge in [-0.2, -0.15) is 40.3 Å². The van der Waals surface area contributed by atoms with Crippen molar-refractivity contribution in [3.63, 3.8) is 0 Å². The predicted molar refractivity (Wildman–Crippen MR) is 122 cm³/mol. The van der Waals surface area contributed by atoms with Gasteiger partial charge in [0.05, 0.1) is 0 Å². The molecule has 0 heterocycles. The summed E-state index contributed by atoms with van der Waals surface area (Å²) in [5.41, 5.74) is 2.80. The summed E-state index contributed by atoms with van der Waals surface area (Å²) in [6, 6.07) is 26.5. The van der Waals surface area contributed by atoms with E-state index in [2.05, 4.69) is 97.3 Å². The SMILES string of the molecule is CC(C)(c1cc2ccccc2[cH-]1)c1cc2ccccc2[cH-]1.C[N-]C.C[N-]C.[Zr+4]. The third-order valence-electron chi connectivity index (χ3n) is 4.68. The van der Waals surface area contributed by atoms with Crippen LogP contribution in [-0.2, 0) is 31.6 Å². The topological polar surface area (TPSA) is 28.2 Å². The Kier molecular flexibility index (Phi) is 10.0. The zero-order valence-corrected chi connectivity index (χ0v) is 20.3. The second-order valence-corrected chi connectivity index (χ2v) is 7.27. The van der Waals surface area contributed by atoms with E-state index in [4.69, 9.17) is 0 Å². The molecule has 144 valence electrons. The standard InChI is InChI=1S/C21H18.2C2H6N.Zr/c1-21(2,19-11-15-7-3-4-8-16(15)12-19)20-13-17-9-5-6-10-18(17)14-20;2*1-3-2;/h3-14H,1-2H3;2*1-2H3;/q-2;2*-1;+4. The van der Waals surface area contributed by atoms with Gasteiger partial charge in [0.25, 0.3) is 0 Å². The number of hydrogen-bond acceptors (Lipinski definition) is 0. The van der Waals surface area contributed by atoms with Crippen molar-refractivity contribution in [1.82, 2.24) is 0 Å². The van der Waals surface area contributed by atoms with Crippen molar-refractivity contribution in [2.24, 2.45) is 0 Å². The van der Waals surface area contributed by atoms with Crippen LogP contribution in [0.15, 0.2) is 72.8 Å². The maximum atomic E-state index is 3.50. The first-order chi connectivity index (χ1) is 13.0. The molecular weight excluding hydrogens is 420 g/mol. The van der Waals surface area contributed by atoms with Crippen LogP contribution < -0.4 is 0 Å². The van der Waals surface area contributed by atoms with Gasteiger partial charge >= 0.3 is 26.2 Å². The molecule has 0 fully saturated rings. The van der Waals surface area contributed by atoms with Gasteiger partial charge in [-0.05, 0) is 5.41 Å². The second kappa shape index (κ2) is 11.5. The van der Waals surface area contributed by atoms with E-state index in [1.54, 1.807) is 28.2 Å². The van der Waals surface area contributed by atoms with E-state index in [1.807, 2.05) is 0 Å². The van der Waals surface area contributed by atoms with Crippen LogP contribution in [0, 0.1) is 0 Å². The van der Waals surface area contributed by atoms with Gasteiger partial charge in [0, 0.05) is 0 Å². The summed E-state index contributed by atoms with van der Waals surface area (Å²) in [4.78, 5) is 0. The third-order valence-corrected chi connectivity index (χ3v) is 4.68. The van der Waals surface area contributed by atoms with Crippen LogP contribution in [-0.4, -0.2) is 28.2 Å². The Morgan fingerprint density at radius 2 is 0.964 bits per heavy atom. The predicted octanol–water partition coefficient (Wildman–Crippen LogP) is 6.99. The van der Waals surface area contributed by atoms with Crippen molar-refractivity contribution < 1.29 is 26.2 Å². The second-order valence-electron chi connectivity index (χ2n) is 7.27. The van der Waals surface area contributed by atoms with Crippen LogP contribution in [0.4, 0.5) is 0 Å². The number of rotatable bonds is 2. The molecule has 0 aliphatic rings. The minimum absolute atomic E-state index is 0.